The van der Waals surface area contributed by atoms with Gasteiger partial charge in [-0.15, -0.1) is 0 Å². The Labute approximate surface area is 140 Å². The summed E-state index contributed by atoms with van der Waals surface area (Å²) in [4.78, 5) is 11.9. The molecule has 5 nitrogen and oxygen atoms in total. The Morgan fingerprint density at radius 2 is 1.96 bits per heavy atom. The van der Waals surface area contributed by atoms with Crippen LogP contribution in [-0.4, -0.2) is 32.3 Å². The zero-order valence-corrected chi connectivity index (χ0v) is 13.4. The number of nitrogens with one attached hydrogen (secondary N) is 1. The summed E-state index contributed by atoms with van der Waals surface area (Å²) < 4.78 is 16.5. The van der Waals surface area contributed by atoms with Crippen LogP contribution in [0.2, 0.25) is 0 Å². The number of ether oxygens (including phenoxy) is 3. The average molecular weight is 325 g/mol. The molecule has 1 aliphatic heterocycles. The normalized spacial score (nSPS) is 16.0. The molecular formula is C19H19NO4. The largest absolute Gasteiger partial charge is 0.497 e. The van der Waals surface area contributed by atoms with Gasteiger partial charge in [-0.3, -0.25) is 4.79 Å². The summed E-state index contributed by atoms with van der Waals surface area (Å²) in [7, 11) is 1.62. The summed E-state index contributed by atoms with van der Waals surface area (Å²) >= 11 is 0. The molecule has 1 unspecified atom stereocenters. The summed E-state index contributed by atoms with van der Waals surface area (Å²) in [6, 6.07) is 15.0. The molecule has 0 spiro atoms. The molecule has 1 heterocycles. The predicted octanol–water partition coefficient (Wildman–Crippen LogP) is 2.66. The number of carbonyl (C=O) groups excluding carboxylic acids is 1. The Morgan fingerprint density at radius 1 is 1.21 bits per heavy atom. The van der Waals surface area contributed by atoms with Crippen molar-refractivity contribution in [3.05, 3.63) is 60.2 Å². The van der Waals surface area contributed by atoms with E-state index in [1.165, 1.54) is 6.08 Å². The number of methoxy groups -OCH3 is 1. The number of fused-ring (bicyclic) bond motifs is 1. The van der Waals surface area contributed by atoms with Crippen LogP contribution in [0, 0.1) is 0 Å². The molecular weight excluding hydrogens is 306 g/mol. The van der Waals surface area contributed by atoms with Crippen LogP contribution in [0.1, 0.15) is 5.56 Å². The third-order valence-electron chi connectivity index (χ3n) is 3.61. The molecule has 1 atom stereocenters. The van der Waals surface area contributed by atoms with Gasteiger partial charge in [0.2, 0.25) is 5.91 Å². The maximum atomic E-state index is 11.9. The fraction of sp³-hybridized carbons (Fsp3) is 0.211. The molecule has 0 bridgehead atoms. The molecule has 0 aliphatic carbocycles. The van der Waals surface area contributed by atoms with Crippen LogP contribution in [0.4, 0.5) is 0 Å². The van der Waals surface area contributed by atoms with Crippen molar-refractivity contribution in [3.63, 3.8) is 0 Å². The van der Waals surface area contributed by atoms with E-state index in [4.69, 9.17) is 14.2 Å². The van der Waals surface area contributed by atoms with E-state index in [9.17, 15) is 4.79 Å². The Hall–Kier alpha value is -2.95. The highest BCUT2D eigenvalue weighted by molar-refractivity contribution is 5.91. The minimum atomic E-state index is -0.196. The monoisotopic (exact) mass is 325 g/mol. The van der Waals surface area contributed by atoms with Crippen LogP contribution in [0.15, 0.2) is 54.6 Å². The minimum Gasteiger partial charge on any atom is -0.497 e. The highest BCUT2D eigenvalue weighted by Crippen LogP contribution is 2.30. The average Bonchev–Trinajstić information content (AvgIpc) is 2.65. The van der Waals surface area contributed by atoms with E-state index >= 15 is 0 Å². The first-order chi connectivity index (χ1) is 11.7. The quantitative estimate of drug-likeness (QED) is 0.859. The Balaban J connectivity index is 1.48. The van der Waals surface area contributed by atoms with Crippen LogP contribution in [0.25, 0.3) is 6.08 Å². The number of hydrogen-bond donors (Lipinski definition) is 1. The second-order valence-electron chi connectivity index (χ2n) is 5.35. The first-order valence-electron chi connectivity index (χ1n) is 7.73. The van der Waals surface area contributed by atoms with Gasteiger partial charge >= 0.3 is 0 Å². The van der Waals surface area contributed by atoms with E-state index in [2.05, 4.69) is 5.32 Å². The van der Waals surface area contributed by atoms with Gasteiger partial charge in [0.05, 0.1) is 13.7 Å². The molecule has 5 heteroatoms. The minimum absolute atomic E-state index is 0.173. The van der Waals surface area contributed by atoms with Crippen molar-refractivity contribution in [2.45, 2.75) is 6.10 Å². The molecule has 0 fully saturated rings. The Bertz CT molecular complexity index is 724. The number of carbonyl (C=O) groups is 1. The van der Waals surface area contributed by atoms with Gasteiger partial charge in [0.25, 0.3) is 0 Å². The van der Waals surface area contributed by atoms with Crippen LogP contribution in [0.3, 0.4) is 0 Å². The maximum absolute atomic E-state index is 11.9. The molecule has 0 radical (unpaired) electrons. The maximum Gasteiger partial charge on any atom is 0.244 e. The molecule has 24 heavy (non-hydrogen) atoms. The van der Waals surface area contributed by atoms with Crippen LogP contribution >= 0.6 is 0 Å². The van der Waals surface area contributed by atoms with Crippen molar-refractivity contribution >= 4 is 12.0 Å². The number of benzene rings is 2. The molecule has 3 rings (SSSR count). The molecule has 1 N–H and O–H groups in total. The van der Waals surface area contributed by atoms with Crippen LogP contribution in [0.5, 0.6) is 17.2 Å². The van der Waals surface area contributed by atoms with E-state index in [-0.39, 0.29) is 12.0 Å². The first kappa shape index (κ1) is 15.9. The molecule has 124 valence electrons. The smallest absolute Gasteiger partial charge is 0.244 e. The van der Waals surface area contributed by atoms with Gasteiger partial charge in [0.1, 0.15) is 18.5 Å². The summed E-state index contributed by atoms with van der Waals surface area (Å²) in [6.45, 7) is 0.805. The second kappa shape index (κ2) is 7.55. The number of amides is 1. The van der Waals surface area contributed by atoms with Crippen LogP contribution in [-0.2, 0) is 4.79 Å². The van der Waals surface area contributed by atoms with Crippen molar-refractivity contribution in [2.75, 3.05) is 20.3 Å². The predicted molar refractivity (Wildman–Crippen MR) is 91.4 cm³/mol. The lowest BCUT2D eigenvalue weighted by molar-refractivity contribution is -0.116. The van der Waals surface area contributed by atoms with E-state index in [0.717, 1.165) is 17.1 Å². The Morgan fingerprint density at radius 3 is 2.71 bits per heavy atom. The van der Waals surface area contributed by atoms with Crippen molar-refractivity contribution < 1.29 is 19.0 Å². The van der Waals surface area contributed by atoms with Crippen molar-refractivity contribution in [2.24, 2.45) is 0 Å². The highest BCUT2D eigenvalue weighted by Gasteiger charge is 2.20. The lowest BCUT2D eigenvalue weighted by Gasteiger charge is -2.26. The van der Waals surface area contributed by atoms with E-state index in [1.807, 2.05) is 48.5 Å². The van der Waals surface area contributed by atoms with Crippen LogP contribution < -0.4 is 19.5 Å². The number of rotatable bonds is 5. The molecule has 1 amide bonds. The summed E-state index contributed by atoms with van der Waals surface area (Å²) in [6.07, 6.45) is 3.06. The standard InChI is InChI=1S/C19H19NO4/c1-22-15-9-6-14(7-10-15)8-11-19(21)20-12-16-13-23-17-4-2-3-5-18(17)24-16/h2-11,16H,12-13H2,1H3,(H,20,21)/b11-8+. The van der Waals surface area contributed by atoms with Gasteiger partial charge < -0.3 is 19.5 Å². The van der Waals surface area contributed by atoms with Gasteiger partial charge in [0.15, 0.2) is 11.5 Å². The molecule has 2 aromatic rings. The Kier molecular flexibility index (Phi) is 5.01. The lowest BCUT2D eigenvalue weighted by atomic mass is 10.2. The highest BCUT2D eigenvalue weighted by atomic mass is 16.6. The van der Waals surface area contributed by atoms with E-state index in [0.29, 0.717) is 18.9 Å². The summed E-state index contributed by atoms with van der Waals surface area (Å²) in [5, 5.41) is 2.82. The van der Waals surface area contributed by atoms with Gasteiger partial charge in [0, 0.05) is 6.08 Å². The van der Waals surface area contributed by atoms with Gasteiger partial charge in [-0.05, 0) is 35.9 Å². The van der Waals surface area contributed by atoms with Crippen molar-refractivity contribution in [1.82, 2.24) is 5.32 Å². The molecule has 2 aromatic carbocycles. The fourth-order valence-corrected chi connectivity index (χ4v) is 2.32. The topological polar surface area (TPSA) is 56.8 Å². The van der Waals surface area contributed by atoms with Gasteiger partial charge in [-0.1, -0.05) is 24.3 Å². The van der Waals surface area contributed by atoms with Gasteiger partial charge in [-0.25, -0.2) is 0 Å². The van der Waals surface area contributed by atoms with Crippen molar-refractivity contribution in [1.29, 1.82) is 0 Å². The number of hydrogen-bond acceptors (Lipinski definition) is 4. The molecule has 0 saturated carbocycles. The lowest BCUT2D eigenvalue weighted by Crippen LogP contribution is -2.40. The summed E-state index contributed by atoms with van der Waals surface area (Å²) in [5.41, 5.74) is 0.928. The SMILES string of the molecule is COc1ccc(/C=C/C(=O)NCC2COc3ccccc3O2)cc1. The third-order valence-corrected chi connectivity index (χ3v) is 3.61. The number of para-hydroxylation sites is 2. The van der Waals surface area contributed by atoms with Crippen molar-refractivity contribution in [3.8, 4) is 17.2 Å². The molecule has 0 saturated heterocycles. The third kappa shape index (κ3) is 4.07. The summed E-state index contributed by atoms with van der Waals surface area (Å²) in [5.74, 6) is 2.05. The van der Waals surface area contributed by atoms with Gasteiger partial charge in [-0.2, -0.15) is 0 Å². The first-order valence-corrected chi connectivity index (χ1v) is 7.73. The second-order valence-corrected chi connectivity index (χ2v) is 5.35. The van der Waals surface area contributed by atoms with E-state index < -0.39 is 0 Å². The molecule has 1 aliphatic rings. The fourth-order valence-electron chi connectivity index (χ4n) is 2.32. The zero-order valence-electron chi connectivity index (χ0n) is 13.4. The molecule has 0 aromatic heterocycles. The van der Waals surface area contributed by atoms with E-state index in [1.54, 1.807) is 13.2 Å². The zero-order chi connectivity index (χ0) is 16.8.